The van der Waals surface area contributed by atoms with Gasteiger partial charge in [-0.15, -0.1) is 13.2 Å². The normalized spacial score (nSPS) is 11.8. The fourth-order valence-corrected chi connectivity index (χ4v) is 2.86. The van der Waals surface area contributed by atoms with Gasteiger partial charge in [-0.2, -0.15) is 0 Å². The molecule has 0 aliphatic carbocycles. The molecular formula is C26H26. The maximum absolute atomic E-state index is 4.01. The lowest BCUT2D eigenvalue weighted by Crippen LogP contribution is -2.10. The lowest BCUT2D eigenvalue weighted by molar-refractivity contribution is 0.430. The third-order valence-corrected chi connectivity index (χ3v) is 4.37. The largest absolute Gasteiger partial charge is 0.103 e. The Hall–Kier alpha value is -2.96. The van der Waals surface area contributed by atoms with Gasteiger partial charge >= 0.3 is 0 Å². The quantitative estimate of drug-likeness (QED) is 0.413. The Labute approximate surface area is 158 Å². The second-order valence-electron chi connectivity index (χ2n) is 6.21. The smallest absolute Gasteiger partial charge is 0.0245 e. The van der Waals surface area contributed by atoms with Crippen molar-refractivity contribution in [2.24, 2.45) is 11.8 Å². The summed E-state index contributed by atoms with van der Waals surface area (Å²) in [4.78, 5) is 0. The SMILES string of the molecule is C=C[C@@H](CCC#Cc1ccccc1)[C@@H](C=C)CCC#Cc1ccccc1. The fraction of sp³-hybridized carbons (Fsp3) is 0.231. The molecule has 0 unspecified atom stereocenters. The van der Waals surface area contributed by atoms with Crippen molar-refractivity contribution >= 4 is 0 Å². The second kappa shape index (κ2) is 11.6. The van der Waals surface area contributed by atoms with Crippen LogP contribution in [0.4, 0.5) is 0 Å². The van der Waals surface area contributed by atoms with E-state index in [1.807, 2.05) is 72.8 Å². The van der Waals surface area contributed by atoms with E-state index < -0.39 is 0 Å². The second-order valence-corrected chi connectivity index (χ2v) is 6.21. The highest BCUT2D eigenvalue weighted by Crippen LogP contribution is 2.24. The zero-order valence-electron chi connectivity index (χ0n) is 15.3. The minimum Gasteiger partial charge on any atom is -0.103 e. The van der Waals surface area contributed by atoms with Crippen molar-refractivity contribution in [3.05, 3.63) is 97.1 Å². The molecule has 0 nitrogen and oxygen atoms in total. The molecule has 0 heteroatoms. The Kier molecular flexibility index (Phi) is 8.62. The third kappa shape index (κ3) is 6.88. The van der Waals surface area contributed by atoms with E-state index >= 15 is 0 Å². The molecule has 0 saturated carbocycles. The summed E-state index contributed by atoms with van der Waals surface area (Å²) in [5.74, 6) is 13.8. The Morgan fingerprint density at radius 1 is 0.654 bits per heavy atom. The average molecular weight is 338 g/mol. The first-order chi connectivity index (χ1) is 12.8. The third-order valence-electron chi connectivity index (χ3n) is 4.37. The Bertz CT molecular complexity index is 720. The standard InChI is InChI=1S/C26H26/c1-3-25(21-13-11-19-23-15-7-5-8-16-23)26(4-2)22-14-12-20-24-17-9-6-10-18-24/h3-10,15-18,25-26H,1-2,13-14,21-22H2/t25-,26-/m0/s1. The lowest BCUT2D eigenvalue weighted by Gasteiger charge is -2.19. The predicted molar refractivity (Wildman–Crippen MR) is 112 cm³/mol. The molecule has 26 heavy (non-hydrogen) atoms. The minimum absolute atomic E-state index is 0.399. The van der Waals surface area contributed by atoms with Gasteiger partial charge in [-0.1, -0.05) is 72.2 Å². The van der Waals surface area contributed by atoms with Gasteiger partial charge in [-0.25, -0.2) is 0 Å². The molecule has 2 atom stereocenters. The molecule has 0 heterocycles. The van der Waals surface area contributed by atoms with E-state index in [0.717, 1.165) is 36.8 Å². The molecule has 2 aromatic carbocycles. The molecule has 0 bridgehead atoms. The van der Waals surface area contributed by atoms with Crippen LogP contribution in [0.3, 0.4) is 0 Å². The molecule has 2 aromatic rings. The van der Waals surface area contributed by atoms with Gasteiger partial charge in [0.2, 0.25) is 0 Å². The van der Waals surface area contributed by atoms with Gasteiger partial charge in [0.05, 0.1) is 0 Å². The van der Waals surface area contributed by atoms with Gasteiger partial charge in [-0.05, 0) is 48.9 Å². The molecule has 0 aliphatic heterocycles. The van der Waals surface area contributed by atoms with Crippen LogP contribution >= 0.6 is 0 Å². The summed E-state index contributed by atoms with van der Waals surface area (Å²) < 4.78 is 0. The van der Waals surface area contributed by atoms with Crippen LogP contribution in [0.2, 0.25) is 0 Å². The summed E-state index contributed by atoms with van der Waals surface area (Å²) in [6, 6.07) is 20.2. The number of hydrogen-bond acceptors (Lipinski definition) is 0. The molecular weight excluding hydrogens is 312 g/mol. The van der Waals surface area contributed by atoms with Crippen LogP contribution in [0, 0.1) is 35.5 Å². The number of hydrogen-bond donors (Lipinski definition) is 0. The van der Waals surface area contributed by atoms with Gasteiger partial charge < -0.3 is 0 Å². The number of benzene rings is 2. The van der Waals surface area contributed by atoms with Crippen molar-refractivity contribution in [2.45, 2.75) is 25.7 Å². The Morgan fingerprint density at radius 3 is 1.38 bits per heavy atom. The van der Waals surface area contributed by atoms with E-state index in [2.05, 4.69) is 36.8 Å². The van der Waals surface area contributed by atoms with Gasteiger partial charge in [0.15, 0.2) is 0 Å². The maximum atomic E-state index is 4.01. The van der Waals surface area contributed by atoms with E-state index in [9.17, 15) is 0 Å². The molecule has 0 fully saturated rings. The maximum Gasteiger partial charge on any atom is 0.0245 e. The highest BCUT2D eigenvalue weighted by molar-refractivity contribution is 5.34. The lowest BCUT2D eigenvalue weighted by atomic mass is 9.85. The molecule has 0 spiro atoms. The van der Waals surface area contributed by atoms with Crippen molar-refractivity contribution < 1.29 is 0 Å². The summed E-state index contributed by atoms with van der Waals surface area (Å²) >= 11 is 0. The number of allylic oxidation sites excluding steroid dienone is 2. The first-order valence-corrected chi connectivity index (χ1v) is 9.16. The highest BCUT2D eigenvalue weighted by Gasteiger charge is 2.14. The molecule has 2 rings (SSSR count). The van der Waals surface area contributed by atoms with Crippen molar-refractivity contribution in [2.75, 3.05) is 0 Å². The highest BCUT2D eigenvalue weighted by atomic mass is 14.2. The van der Waals surface area contributed by atoms with E-state index in [4.69, 9.17) is 0 Å². The minimum atomic E-state index is 0.399. The first kappa shape index (κ1) is 19.4. The average Bonchev–Trinajstić information content (AvgIpc) is 2.70. The molecule has 130 valence electrons. The van der Waals surface area contributed by atoms with Gasteiger partial charge in [0.25, 0.3) is 0 Å². The predicted octanol–water partition coefficient (Wildman–Crippen LogP) is 6.25. The van der Waals surface area contributed by atoms with Crippen LogP contribution in [-0.2, 0) is 0 Å². The Balaban J connectivity index is 1.82. The summed E-state index contributed by atoms with van der Waals surface area (Å²) in [6.07, 6.45) is 7.83. The van der Waals surface area contributed by atoms with Crippen LogP contribution in [0.15, 0.2) is 86.0 Å². The van der Waals surface area contributed by atoms with Crippen molar-refractivity contribution in [3.63, 3.8) is 0 Å². The van der Waals surface area contributed by atoms with Crippen molar-refractivity contribution in [1.29, 1.82) is 0 Å². The van der Waals surface area contributed by atoms with E-state index in [-0.39, 0.29) is 0 Å². The van der Waals surface area contributed by atoms with Crippen molar-refractivity contribution in [3.8, 4) is 23.7 Å². The van der Waals surface area contributed by atoms with E-state index in [1.54, 1.807) is 0 Å². The van der Waals surface area contributed by atoms with Gasteiger partial charge in [-0.3, -0.25) is 0 Å². The summed E-state index contributed by atoms with van der Waals surface area (Å²) in [5.41, 5.74) is 2.14. The Morgan fingerprint density at radius 2 is 1.04 bits per heavy atom. The monoisotopic (exact) mass is 338 g/mol. The molecule has 0 aliphatic rings. The van der Waals surface area contributed by atoms with Crippen molar-refractivity contribution in [1.82, 2.24) is 0 Å². The number of rotatable bonds is 7. The fourth-order valence-electron chi connectivity index (χ4n) is 2.86. The molecule has 0 radical (unpaired) electrons. The molecule has 0 N–H and O–H groups in total. The summed E-state index contributed by atoms with van der Waals surface area (Å²) in [5, 5.41) is 0. The molecule has 0 saturated heterocycles. The van der Waals surface area contributed by atoms with Crippen LogP contribution in [0.1, 0.15) is 36.8 Å². The van der Waals surface area contributed by atoms with Gasteiger partial charge in [0.1, 0.15) is 0 Å². The zero-order chi connectivity index (χ0) is 18.5. The van der Waals surface area contributed by atoms with Gasteiger partial charge in [0, 0.05) is 24.0 Å². The van der Waals surface area contributed by atoms with Crippen LogP contribution in [0.25, 0.3) is 0 Å². The van der Waals surface area contributed by atoms with Crippen LogP contribution < -0.4 is 0 Å². The summed E-state index contributed by atoms with van der Waals surface area (Å²) in [6.45, 7) is 8.02. The molecule has 0 aromatic heterocycles. The topological polar surface area (TPSA) is 0 Å². The van der Waals surface area contributed by atoms with Crippen LogP contribution in [-0.4, -0.2) is 0 Å². The van der Waals surface area contributed by atoms with E-state index in [0.29, 0.717) is 11.8 Å². The van der Waals surface area contributed by atoms with E-state index in [1.165, 1.54) is 0 Å². The van der Waals surface area contributed by atoms with Crippen LogP contribution in [0.5, 0.6) is 0 Å². The zero-order valence-corrected chi connectivity index (χ0v) is 15.3. The molecule has 0 amide bonds. The first-order valence-electron chi connectivity index (χ1n) is 9.16. The summed E-state index contributed by atoms with van der Waals surface area (Å²) in [7, 11) is 0.